The van der Waals surface area contributed by atoms with Crippen LogP contribution in [0.5, 0.6) is 0 Å². The number of aromatic carboxylic acids is 1. The van der Waals surface area contributed by atoms with Crippen molar-refractivity contribution in [3.8, 4) is 6.07 Å². The number of aromatic nitrogens is 1. The molecule has 0 atom stereocenters. The molecule has 0 fully saturated rings. The van der Waals surface area contributed by atoms with Crippen LogP contribution in [0.3, 0.4) is 0 Å². The molecule has 0 amide bonds. The second kappa shape index (κ2) is 5.96. The Morgan fingerprint density at radius 1 is 1.62 bits per heavy atom. The number of rotatable bonds is 6. The maximum absolute atomic E-state index is 11.0. The number of aryl methyl sites for hydroxylation is 1. The van der Waals surface area contributed by atoms with E-state index in [0.29, 0.717) is 12.0 Å². The maximum atomic E-state index is 11.0. The first-order chi connectivity index (χ1) is 7.70. The first-order valence-electron chi connectivity index (χ1n) is 5.49. The highest BCUT2D eigenvalue weighted by Crippen LogP contribution is 2.14. The van der Waals surface area contributed by atoms with Crippen LogP contribution in [0.4, 0.5) is 0 Å². The van der Waals surface area contributed by atoms with E-state index in [4.69, 9.17) is 10.4 Å². The third-order valence-electron chi connectivity index (χ3n) is 2.48. The summed E-state index contributed by atoms with van der Waals surface area (Å²) in [6.45, 7) is 2.74. The molecule has 0 aliphatic carbocycles. The Hall–Kier alpha value is -1.76. The molecule has 0 aliphatic heterocycles. The molecule has 1 heterocycles. The predicted molar refractivity (Wildman–Crippen MR) is 60.2 cm³/mol. The van der Waals surface area contributed by atoms with Crippen molar-refractivity contribution in [2.24, 2.45) is 0 Å². The first kappa shape index (κ1) is 12.3. The van der Waals surface area contributed by atoms with Gasteiger partial charge in [0.1, 0.15) is 0 Å². The summed E-state index contributed by atoms with van der Waals surface area (Å²) in [7, 11) is 0. The highest BCUT2D eigenvalue weighted by Gasteiger charge is 2.13. The van der Waals surface area contributed by atoms with Gasteiger partial charge in [-0.3, -0.25) is 0 Å². The van der Waals surface area contributed by atoms with Crippen molar-refractivity contribution in [2.75, 3.05) is 0 Å². The summed E-state index contributed by atoms with van der Waals surface area (Å²) in [5.74, 6) is -0.873. The summed E-state index contributed by atoms with van der Waals surface area (Å²) in [6.07, 6.45) is 4.75. The average Bonchev–Trinajstić information content (AvgIpc) is 2.63. The van der Waals surface area contributed by atoms with Crippen molar-refractivity contribution in [1.82, 2.24) is 4.57 Å². The van der Waals surface area contributed by atoms with Crippen LogP contribution in [0.25, 0.3) is 0 Å². The van der Waals surface area contributed by atoms with Gasteiger partial charge in [0, 0.05) is 24.9 Å². The van der Waals surface area contributed by atoms with Gasteiger partial charge in [-0.1, -0.05) is 13.3 Å². The van der Waals surface area contributed by atoms with Crippen LogP contribution in [-0.2, 0) is 13.0 Å². The molecular formula is C12H16N2O2. The van der Waals surface area contributed by atoms with Gasteiger partial charge in [-0.05, 0) is 18.9 Å². The Labute approximate surface area is 95.1 Å². The molecule has 0 aromatic carbocycles. The first-order valence-corrected chi connectivity index (χ1v) is 5.49. The van der Waals surface area contributed by atoms with Crippen LogP contribution in [0.2, 0.25) is 0 Å². The molecule has 4 nitrogen and oxygen atoms in total. The van der Waals surface area contributed by atoms with Gasteiger partial charge < -0.3 is 9.67 Å². The predicted octanol–water partition coefficient (Wildman–Crippen LogP) is 2.44. The van der Waals surface area contributed by atoms with Crippen LogP contribution in [-0.4, -0.2) is 15.6 Å². The van der Waals surface area contributed by atoms with Gasteiger partial charge in [0.2, 0.25) is 0 Å². The fraction of sp³-hybridized carbons (Fsp3) is 0.500. The molecular weight excluding hydrogens is 204 g/mol. The smallest absolute Gasteiger partial charge is 0.337 e. The van der Waals surface area contributed by atoms with E-state index < -0.39 is 5.97 Å². The zero-order chi connectivity index (χ0) is 12.0. The van der Waals surface area contributed by atoms with Crippen LogP contribution >= 0.6 is 0 Å². The van der Waals surface area contributed by atoms with E-state index in [0.717, 1.165) is 31.5 Å². The normalized spacial score (nSPS) is 10.0. The lowest BCUT2D eigenvalue weighted by Gasteiger charge is -2.08. The lowest BCUT2D eigenvalue weighted by molar-refractivity contribution is 0.0695. The average molecular weight is 220 g/mol. The Morgan fingerprint density at radius 3 is 2.94 bits per heavy atom. The summed E-state index contributed by atoms with van der Waals surface area (Å²) in [4.78, 5) is 11.0. The third kappa shape index (κ3) is 2.86. The molecule has 0 bridgehead atoms. The van der Waals surface area contributed by atoms with Crippen molar-refractivity contribution >= 4 is 5.97 Å². The molecule has 0 saturated carbocycles. The van der Waals surface area contributed by atoms with Gasteiger partial charge in [-0.25, -0.2) is 4.79 Å². The van der Waals surface area contributed by atoms with E-state index in [2.05, 4.69) is 6.07 Å². The second-order valence-corrected chi connectivity index (χ2v) is 3.69. The lowest BCUT2D eigenvalue weighted by Crippen LogP contribution is -2.07. The highest BCUT2D eigenvalue weighted by molar-refractivity contribution is 5.89. The molecule has 0 unspecified atom stereocenters. The summed E-state index contributed by atoms with van der Waals surface area (Å²) in [6, 6.07) is 3.73. The summed E-state index contributed by atoms with van der Waals surface area (Å²) in [5, 5.41) is 17.5. The Balaban J connectivity index is 2.83. The zero-order valence-corrected chi connectivity index (χ0v) is 9.44. The third-order valence-corrected chi connectivity index (χ3v) is 2.48. The van der Waals surface area contributed by atoms with E-state index in [1.165, 1.54) is 0 Å². The molecule has 1 N–H and O–H groups in total. The molecule has 0 aliphatic rings. The van der Waals surface area contributed by atoms with Crippen LogP contribution in [0, 0.1) is 11.3 Å². The number of hydrogen-bond acceptors (Lipinski definition) is 2. The van der Waals surface area contributed by atoms with Crippen molar-refractivity contribution in [2.45, 2.75) is 39.2 Å². The van der Waals surface area contributed by atoms with E-state index in [-0.39, 0.29) is 0 Å². The van der Waals surface area contributed by atoms with Crippen LogP contribution < -0.4 is 0 Å². The number of carbonyl (C=O) groups is 1. The lowest BCUT2D eigenvalue weighted by atomic mass is 10.1. The van der Waals surface area contributed by atoms with Gasteiger partial charge >= 0.3 is 5.97 Å². The standard InChI is InChI=1S/C12H16N2O2/c1-2-5-11-10(12(15)16)6-9-14(11)8-4-3-7-13/h6,9H,2-5,8H2,1H3,(H,15,16). The van der Waals surface area contributed by atoms with Crippen molar-refractivity contribution in [1.29, 1.82) is 5.26 Å². The van der Waals surface area contributed by atoms with E-state index in [1.54, 1.807) is 12.3 Å². The minimum atomic E-state index is -0.873. The molecule has 1 aromatic heterocycles. The molecule has 0 radical (unpaired) electrons. The van der Waals surface area contributed by atoms with Crippen LogP contribution in [0.1, 0.15) is 42.2 Å². The number of nitrogens with zero attached hydrogens (tertiary/aromatic N) is 2. The van der Waals surface area contributed by atoms with Gasteiger partial charge in [0.15, 0.2) is 0 Å². The van der Waals surface area contributed by atoms with Crippen molar-refractivity contribution in [3.63, 3.8) is 0 Å². The highest BCUT2D eigenvalue weighted by atomic mass is 16.4. The van der Waals surface area contributed by atoms with Gasteiger partial charge in [-0.15, -0.1) is 0 Å². The molecule has 16 heavy (non-hydrogen) atoms. The molecule has 4 heteroatoms. The Bertz CT molecular complexity index is 402. The fourth-order valence-corrected chi connectivity index (χ4v) is 1.75. The topological polar surface area (TPSA) is 66.0 Å². The molecule has 0 saturated heterocycles. The minimum absolute atomic E-state index is 0.388. The monoisotopic (exact) mass is 220 g/mol. The maximum Gasteiger partial charge on any atom is 0.337 e. The molecule has 1 aromatic rings. The molecule has 0 spiro atoms. The van der Waals surface area contributed by atoms with E-state index in [9.17, 15) is 4.79 Å². The zero-order valence-electron chi connectivity index (χ0n) is 9.44. The van der Waals surface area contributed by atoms with E-state index >= 15 is 0 Å². The van der Waals surface area contributed by atoms with Gasteiger partial charge in [-0.2, -0.15) is 5.26 Å². The van der Waals surface area contributed by atoms with Gasteiger partial charge in [0.05, 0.1) is 11.6 Å². The van der Waals surface area contributed by atoms with Crippen LogP contribution in [0.15, 0.2) is 12.3 Å². The SMILES string of the molecule is CCCc1c(C(=O)O)ccn1CCCC#N. The Kier molecular flexibility index (Phi) is 4.59. The van der Waals surface area contributed by atoms with Crippen molar-refractivity contribution in [3.05, 3.63) is 23.5 Å². The molecule has 1 rings (SSSR count). The quantitative estimate of drug-likeness (QED) is 0.749. The minimum Gasteiger partial charge on any atom is -0.478 e. The number of carboxylic acid groups (broad SMARTS) is 1. The Morgan fingerprint density at radius 2 is 2.38 bits per heavy atom. The molecule has 86 valence electrons. The van der Waals surface area contributed by atoms with E-state index in [1.807, 2.05) is 11.5 Å². The van der Waals surface area contributed by atoms with Crippen molar-refractivity contribution < 1.29 is 9.90 Å². The summed E-state index contributed by atoms with van der Waals surface area (Å²) in [5.41, 5.74) is 1.26. The number of unbranched alkanes of at least 4 members (excludes halogenated alkanes) is 1. The largest absolute Gasteiger partial charge is 0.478 e. The number of nitriles is 1. The van der Waals surface area contributed by atoms with Gasteiger partial charge in [0.25, 0.3) is 0 Å². The summed E-state index contributed by atoms with van der Waals surface area (Å²) < 4.78 is 1.95. The number of hydrogen-bond donors (Lipinski definition) is 1. The second-order valence-electron chi connectivity index (χ2n) is 3.69. The number of carboxylic acids is 1. The summed E-state index contributed by atoms with van der Waals surface area (Å²) >= 11 is 0. The fourth-order valence-electron chi connectivity index (χ4n) is 1.75.